The van der Waals surface area contributed by atoms with E-state index in [1.807, 2.05) is 0 Å². The molecule has 3 aromatic rings. The van der Waals surface area contributed by atoms with Crippen molar-refractivity contribution in [1.29, 1.82) is 0 Å². The Balaban J connectivity index is 1.37. The van der Waals surface area contributed by atoms with Crippen LogP contribution in [0.15, 0.2) is 41.6 Å². The number of amides is 2. The molecular weight excluding hydrogens is 536 g/mol. The molecule has 2 aromatic heterocycles. The van der Waals surface area contributed by atoms with Crippen LogP contribution < -0.4 is 5.32 Å². The van der Waals surface area contributed by atoms with E-state index in [2.05, 4.69) is 33.3 Å². The fourth-order valence-electron chi connectivity index (χ4n) is 4.60. The maximum atomic E-state index is 13.5. The minimum atomic E-state index is -3.95. The van der Waals surface area contributed by atoms with Crippen molar-refractivity contribution in [3.05, 3.63) is 51.4 Å². The lowest BCUT2D eigenvalue weighted by Crippen LogP contribution is -2.61. The van der Waals surface area contributed by atoms with Gasteiger partial charge in [-0.1, -0.05) is 17.7 Å². The minimum Gasteiger partial charge on any atom is -0.357 e. The van der Waals surface area contributed by atoms with Gasteiger partial charge in [-0.25, -0.2) is 13.4 Å². The molecule has 196 valence electrons. The van der Waals surface area contributed by atoms with Crippen LogP contribution in [0.4, 0.5) is 0 Å². The SMILES string of the molecule is CNC(=O)C1CN(S(=O)(=O)c2cc3cc(Cl)ccc3[nH]2)CCN1C(=O)c1ncc(C2=CCN(C)CC2)s1. The zero-order valence-electron chi connectivity index (χ0n) is 20.4. The third-order valence-electron chi connectivity index (χ3n) is 6.75. The molecule has 13 heteroatoms. The Morgan fingerprint density at radius 1 is 1.22 bits per heavy atom. The molecule has 2 aliphatic rings. The van der Waals surface area contributed by atoms with Gasteiger partial charge in [-0.05, 0) is 43.3 Å². The monoisotopic (exact) mass is 562 g/mol. The van der Waals surface area contributed by atoms with E-state index in [1.54, 1.807) is 24.4 Å². The summed E-state index contributed by atoms with van der Waals surface area (Å²) in [6, 6.07) is 5.60. The van der Waals surface area contributed by atoms with Gasteiger partial charge in [0.2, 0.25) is 5.91 Å². The van der Waals surface area contributed by atoms with Gasteiger partial charge in [0.15, 0.2) is 5.01 Å². The van der Waals surface area contributed by atoms with E-state index >= 15 is 0 Å². The molecule has 1 saturated heterocycles. The molecule has 2 aliphatic heterocycles. The lowest BCUT2D eigenvalue weighted by Gasteiger charge is -2.39. The van der Waals surface area contributed by atoms with Crippen LogP contribution in [0.1, 0.15) is 21.1 Å². The summed E-state index contributed by atoms with van der Waals surface area (Å²) >= 11 is 7.35. The van der Waals surface area contributed by atoms with Gasteiger partial charge in [0, 0.05) is 61.9 Å². The zero-order chi connectivity index (χ0) is 26.3. The van der Waals surface area contributed by atoms with E-state index in [1.165, 1.54) is 33.7 Å². The Labute approximate surface area is 223 Å². The van der Waals surface area contributed by atoms with Gasteiger partial charge in [-0.3, -0.25) is 9.59 Å². The third kappa shape index (κ3) is 5.04. The first-order valence-corrected chi connectivity index (χ1v) is 14.5. The van der Waals surface area contributed by atoms with Gasteiger partial charge < -0.3 is 20.1 Å². The van der Waals surface area contributed by atoms with Crippen LogP contribution in [0.5, 0.6) is 0 Å². The summed E-state index contributed by atoms with van der Waals surface area (Å²) in [6.07, 6.45) is 4.72. The third-order valence-corrected chi connectivity index (χ3v) is 9.83. The molecular formula is C24H27ClN6O4S2. The Morgan fingerprint density at radius 3 is 2.76 bits per heavy atom. The number of nitrogens with one attached hydrogen (secondary N) is 2. The number of fused-ring (bicyclic) bond motifs is 1. The van der Waals surface area contributed by atoms with Gasteiger partial charge >= 0.3 is 0 Å². The standard InChI is InChI=1S/C24H27ClN6O4S2/c1-26-22(32)19-14-30(37(34,35)21-12-16-11-17(25)3-4-18(16)28-21)9-10-31(19)24(33)23-27-13-20(36-23)15-5-7-29(2)8-6-15/h3-5,11-13,19,28H,6-10,14H2,1-2H3,(H,26,32). The highest BCUT2D eigenvalue weighted by molar-refractivity contribution is 7.89. The van der Waals surface area contributed by atoms with Crippen molar-refractivity contribution in [1.82, 2.24) is 29.4 Å². The molecule has 0 spiro atoms. The molecule has 2 N–H and O–H groups in total. The molecule has 4 heterocycles. The number of sulfonamides is 1. The van der Waals surface area contributed by atoms with Gasteiger partial charge in [0.1, 0.15) is 11.1 Å². The highest BCUT2D eigenvalue weighted by Crippen LogP contribution is 2.29. The largest absolute Gasteiger partial charge is 0.357 e. The number of nitrogens with zero attached hydrogens (tertiary/aromatic N) is 4. The highest BCUT2D eigenvalue weighted by atomic mass is 35.5. The molecule has 1 aromatic carbocycles. The van der Waals surface area contributed by atoms with Crippen molar-refractivity contribution in [2.45, 2.75) is 17.5 Å². The lowest BCUT2D eigenvalue weighted by atomic mass is 10.1. The molecule has 37 heavy (non-hydrogen) atoms. The Kier molecular flexibility index (Phi) is 7.12. The molecule has 1 atom stereocenters. The number of hydrogen-bond donors (Lipinski definition) is 2. The smallest absolute Gasteiger partial charge is 0.283 e. The number of rotatable bonds is 5. The van der Waals surface area contributed by atoms with E-state index in [9.17, 15) is 18.0 Å². The van der Waals surface area contributed by atoms with Crippen molar-refractivity contribution in [3.63, 3.8) is 0 Å². The molecule has 1 fully saturated rings. The Bertz CT molecular complexity index is 1500. The van der Waals surface area contributed by atoms with Crippen LogP contribution in [-0.2, 0) is 14.8 Å². The van der Waals surface area contributed by atoms with Crippen LogP contribution in [0, 0.1) is 0 Å². The van der Waals surface area contributed by atoms with Crippen LogP contribution in [0.3, 0.4) is 0 Å². The molecule has 5 rings (SSSR count). The quantitative estimate of drug-likeness (QED) is 0.492. The van der Waals surface area contributed by atoms with Crippen molar-refractivity contribution in [2.75, 3.05) is 46.8 Å². The van der Waals surface area contributed by atoms with E-state index in [-0.39, 0.29) is 35.6 Å². The Morgan fingerprint density at radius 2 is 2.03 bits per heavy atom. The average molecular weight is 563 g/mol. The van der Waals surface area contributed by atoms with Crippen molar-refractivity contribution < 1.29 is 18.0 Å². The number of likely N-dealkylation sites (N-methyl/N-ethyl adjacent to an activating group) is 2. The van der Waals surface area contributed by atoms with E-state index in [0.717, 1.165) is 30.0 Å². The number of halogens is 1. The minimum absolute atomic E-state index is 0.0103. The fourth-order valence-corrected chi connectivity index (χ4v) is 7.18. The summed E-state index contributed by atoms with van der Waals surface area (Å²) in [5.74, 6) is -0.817. The second-order valence-electron chi connectivity index (χ2n) is 9.13. The predicted molar refractivity (Wildman–Crippen MR) is 143 cm³/mol. The van der Waals surface area contributed by atoms with Crippen molar-refractivity contribution in [3.8, 4) is 0 Å². The van der Waals surface area contributed by atoms with Crippen molar-refractivity contribution >= 4 is 61.3 Å². The second kappa shape index (κ2) is 10.2. The van der Waals surface area contributed by atoms with Crippen molar-refractivity contribution in [2.24, 2.45) is 0 Å². The fraction of sp³-hybridized carbons (Fsp3) is 0.375. The number of piperazine rings is 1. The van der Waals surface area contributed by atoms with Crippen LogP contribution >= 0.6 is 22.9 Å². The highest BCUT2D eigenvalue weighted by Gasteiger charge is 2.41. The number of hydrogen-bond acceptors (Lipinski definition) is 7. The summed E-state index contributed by atoms with van der Waals surface area (Å²) in [6.45, 7) is 1.72. The first kappa shape index (κ1) is 25.9. The number of carbonyl (C=O) groups is 2. The first-order valence-electron chi connectivity index (χ1n) is 11.8. The summed E-state index contributed by atoms with van der Waals surface area (Å²) in [5.41, 5.74) is 1.80. The van der Waals surface area contributed by atoms with Crippen LogP contribution in [0.25, 0.3) is 16.5 Å². The normalized spacial score (nSPS) is 19.7. The Hall–Kier alpha value is -2.77. The molecule has 1 unspecified atom stereocenters. The molecule has 0 bridgehead atoms. The maximum absolute atomic E-state index is 13.5. The number of aromatic amines is 1. The first-order chi connectivity index (χ1) is 17.7. The number of benzene rings is 1. The number of carbonyl (C=O) groups excluding carboxylic acids is 2. The van der Waals surface area contributed by atoms with E-state index < -0.39 is 22.0 Å². The second-order valence-corrected chi connectivity index (χ2v) is 12.5. The maximum Gasteiger partial charge on any atom is 0.283 e. The average Bonchev–Trinajstić information content (AvgIpc) is 3.56. The van der Waals surface area contributed by atoms with Crippen LogP contribution in [-0.4, -0.2) is 97.2 Å². The predicted octanol–water partition coefficient (Wildman–Crippen LogP) is 2.26. The van der Waals surface area contributed by atoms with E-state index in [4.69, 9.17) is 11.6 Å². The van der Waals surface area contributed by atoms with Gasteiger partial charge in [-0.2, -0.15) is 4.31 Å². The van der Waals surface area contributed by atoms with Gasteiger partial charge in [0.25, 0.3) is 15.9 Å². The molecule has 2 amide bonds. The number of thiazole rings is 1. The zero-order valence-corrected chi connectivity index (χ0v) is 22.8. The molecule has 0 radical (unpaired) electrons. The molecule has 0 aliphatic carbocycles. The van der Waals surface area contributed by atoms with E-state index in [0.29, 0.717) is 15.9 Å². The van der Waals surface area contributed by atoms with Gasteiger partial charge in [-0.15, -0.1) is 11.3 Å². The number of H-pyrrole nitrogens is 1. The molecule has 10 nitrogen and oxygen atoms in total. The molecule has 0 saturated carbocycles. The topological polar surface area (TPSA) is 119 Å². The van der Waals surface area contributed by atoms with Crippen LogP contribution in [0.2, 0.25) is 5.02 Å². The van der Waals surface area contributed by atoms with Gasteiger partial charge in [0.05, 0.1) is 4.88 Å². The lowest BCUT2D eigenvalue weighted by molar-refractivity contribution is -0.126. The summed E-state index contributed by atoms with van der Waals surface area (Å²) in [7, 11) is -0.425. The summed E-state index contributed by atoms with van der Waals surface area (Å²) in [5, 5.41) is 4.03. The number of aromatic nitrogens is 2. The summed E-state index contributed by atoms with van der Waals surface area (Å²) < 4.78 is 28.1. The summed E-state index contributed by atoms with van der Waals surface area (Å²) in [4.78, 5) is 38.1.